The van der Waals surface area contributed by atoms with E-state index >= 15 is 0 Å². The molecule has 25 heavy (non-hydrogen) atoms. The van der Waals surface area contributed by atoms with Gasteiger partial charge in [0.25, 0.3) is 0 Å². The summed E-state index contributed by atoms with van der Waals surface area (Å²) in [6, 6.07) is 6.86. The van der Waals surface area contributed by atoms with Gasteiger partial charge in [0.15, 0.2) is 5.78 Å². The molecule has 0 fully saturated rings. The van der Waals surface area contributed by atoms with E-state index in [1.807, 2.05) is 0 Å². The van der Waals surface area contributed by atoms with Gasteiger partial charge in [0.2, 0.25) is 5.91 Å². The molecule has 2 rings (SSSR count). The van der Waals surface area contributed by atoms with Crippen LogP contribution < -0.4 is 5.32 Å². The van der Waals surface area contributed by atoms with E-state index in [0.29, 0.717) is 22.5 Å². The number of nitrogens with one attached hydrogen (secondary N) is 2. The van der Waals surface area contributed by atoms with E-state index in [1.54, 1.807) is 31.2 Å². The number of aromatic amines is 1. The summed E-state index contributed by atoms with van der Waals surface area (Å²) < 4.78 is 4.76. The Morgan fingerprint density at radius 1 is 1.32 bits per heavy atom. The van der Waals surface area contributed by atoms with Crippen molar-refractivity contribution >= 4 is 23.3 Å². The Kier molecular flexibility index (Phi) is 5.40. The molecule has 128 valence electrons. The predicted octanol–water partition coefficient (Wildman–Crippen LogP) is 2.47. The lowest BCUT2D eigenvalue weighted by atomic mass is 10.1. The van der Waals surface area contributed by atoms with Crippen LogP contribution in [0.1, 0.15) is 44.6 Å². The Balaban J connectivity index is 2.28. The number of aromatic nitrogens is 1. The number of esters is 1. The first-order valence-electron chi connectivity index (χ1n) is 7.54. The molecule has 6 nitrogen and oxygen atoms in total. The molecule has 0 saturated carbocycles. The van der Waals surface area contributed by atoms with Crippen molar-refractivity contribution in [3.63, 3.8) is 0 Å². The molecule has 0 aliphatic rings. The van der Waals surface area contributed by atoms with E-state index in [9.17, 15) is 14.4 Å². The Bertz CT molecular complexity index is 887. The van der Waals surface area contributed by atoms with Gasteiger partial charge >= 0.3 is 5.97 Å². The molecule has 0 aliphatic heterocycles. The maximum atomic E-state index is 12.3. The summed E-state index contributed by atoms with van der Waals surface area (Å²) in [5, 5.41) is 2.72. The third-order valence-electron chi connectivity index (χ3n) is 3.72. The normalized spacial score (nSPS) is 10.0. The number of ether oxygens (including phenoxy) is 1. The number of carbonyl (C=O) groups is 3. The minimum Gasteiger partial charge on any atom is -0.465 e. The molecule has 1 aromatic carbocycles. The van der Waals surface area contributed by atoms with Gasteiger partial charge in [0.05, 0.1) is 24.8 Å². The quantitative estimate of drug-likeness (QED) is 0.498. The molecule has 1 amide bonds. The first-order chi connectivity index (χ1) is 11.9. The topological polar surface area (TPSA) is 88.3 Å². The van der Waals surface area contributed by atoms with Gasteiger partial charge in [-0.3, -0.25) is 9.59 Å². The molecule has 1 aromatic heterocycles. The summed E-state index contributed by atoms with van der Waals surface area (Å²) in [6.45, 7) is 3.02. The van der Waals surface area contributed by atoms with Crippen LogP contribution in [0.3, 0.4) is 0 Å². The standard InChI is InChI=1S/C19H18N2O4/c1-5-13-7-6-8-14(9-13)20-16(23)10-15-17(19(24)25-4)11(2)18(21-15)12(3)22/h1,6-9,21H,10H2,2-4H3,(H,20,23). The average molecular weight is 338 g/mol. The lowest BCUT2D eigenvalue weighted by Gasteiger charge is -2.06. The number of amides is 1. The molecular weight excluding hydrogens is 320 g/mol. The minimum absolute atomic E-state index is 0.112. The van der Waals surface area contributed by atoms with Gasteiger partial charge in [-0.1, -0.05) is 12.0 Å². The third kappa shape index (κ3) is 3.96. The summed E-state index contributed by atoms with van der Waals surface area (Å²) in [4.78, 5) is 38.9. The molecule has 0 bridgehead atoms. The fourth-order valence-electron chi connectivity index (χ4n) is 2.57. The van der Waals surface area contributed by atoms with Crippen LogP contribution in [0.25, 0.3) is 0 Å². The smallest absolute Gasteiger partial charge is 0.339 e. The Labute approximate surface area is 145 Å². The second-order valence-electron chi connectivity index (χ2n) is 5.48. The number of methoxy groups -OCH3 is 1. The van der Waals surface area contributed by atoms with Gasteiger partial charge in [0.1, 0.15) is 0 Å². The molecule has 0 spiro atoms. The van der Waals surface area contributed by atoms with Crippen molar-refractivity contribution in [1.29, 1.82) is 0 Å². The van der Waals surface area contributed by atoms with Crippen LogP contribution in [0.4, 0.5) is 5.69 Å². The number of terminal acetylenes is 1. The van der Waals surface area contributed by atoms with E-state index in [1.165, 1.54) is 14.0 Å². The first kappa shape index (κ1) is 18.0. The van der Waals surface area contributed by atoms with Crippen LogP contribution in [0.5, 0.6) is 0 Å². The highest BCUT2D eigenvalue weighted by Gasteiger charge is 2.24. The fraction of sp³-hybridized carbons (Fsp3) is 0.211. The largest absolute Gasteiger partial charge is 0.465 e. The number of benzene rings is 1. The molecule has 2 N–H and O–H groups in total. The highest BCUT2D eigenvalue weighted by molar-refractivity contribution is 6.02. The number of hydrogen-bond acceptors (Lipinski definition) is 4. The average Bonchev–Trinajstić information content (AvgIpc) is 2.90. The number of ketones is 1. The van der Waals surface area contributed by atoms with E-state index in [-0.39, 0.29) is 29.4 Å². The van der Waals surface area contributed by atoms with E-state index < -0.39 is 5.97 Å². The van der Waals surface area contributed by atoms with Crippen molar-refractivity contribution in [2.45, 2.75) is 20.3 Å². The van der Waals surface area contributed by atoms with Crippen LogP contribution in [0.15, 0.2) is 24.3 Å². The van der Waals surface area contributed by atoms with E-state index in [2.05, 4.69) is 16.2 Å². The van der Waals surface area contributed by atoms with Gasteiger partial charge in [0, 0.05) is 23.9 Å². The van der Waals surface area contributed by atoms with Gasteiger partial charge in [-0.15, -0.1) is 6.42 Å². The van der Waals surface area contributed by atoms with Crippen LogP contribution in [0, 0.1) is 19.3 Å². The van der Waals surface area contributed by atoms with Crippen LogP contribution >= 0.6 is 0 Å². The van der Waals surface area contributed by atoms with Gasteiger partial charge in [-0.05, 0) is 30.7 Å². The minimum atomic E-state index is -0.599. The Hall–Kier alpha value is -3.33. The van der Waals surface area contributed by atoms with Gasteiger partial charge in [-0.2, -0.15) is 0 Å². The number of rotatable bonds is 5. The maximum Gasteiger partial charge on any atom is 0.339 e. The van der Waals surface area contributed by atoms with Crippen molar-refractivity contribution in [1.82, 2.24) is 4.98 Å². The zero-order valence-corrected chi connectivity index (χ0v) is 14.2. The SMILES string of the molecule is C#Cc1cccc(NC(=O)Cc2[nH]c(C(C)=O)c(C)c2C(=O)OC)c1. The molecular formula is C19H18N2O4. The lowest BCUT2D eigenvalue weighted by molar-refractivity contribution is -0.115. The molecule has 0 atom stereocenters. The summed E-state index contributed by atoms with van der Waals surface area (Å²) in [5.74, 6) is 1.31. The second-order valence-corrected chi connectivity index (χ2v) is 5.48. The van der Waals surface area contributed by atoms with Crippen molar-refractivity contribution in [3.05, 3.63) is 52.3 Å². The third-order valence-corrected chi connectivity index (χ3v) is 3.72. The summed E-state index contributed by atoms with van der Waals surface area (Å²) in [6.07, 6.45) is 5.23. The number of anilines is 1. The zero-order valence-electron chi connectivity index (χ0n) is 14.2. The number of H-pyrrole nitrogens is 1. The van der Waals surface area contributed by atoms with Crippen LogP contribution in [-0.4, -0.2) is 29.8 Å². The first-order valence-corrected chi connectivity index (χ1v) is 7.54. The summed E-state index contributed by atoms with van der Waals surface area (Å²) >= 11 is 0. The lowest BCUT2D eigenvalue weighted by Crippen LogP contribution is -2.17. The Morgan fingerprint density at radius 2 is 2.04 bits per heavy atom. The summed E-state index contributed by atoms with van der Waals surface area (Å²) in [7, 11) is 1.25. The van der Waals surface area contributed by atoms with Gasteiger partial charge < -0.3 is 15.0 Å². The maximum absolute atomic E-state index is 12.3. The molecule has 0 unspecified atom stereocenters. The Morgan fingerprint density at radius 3 is 2.64 bits per heavy atom. The second kappa shape index (κ2) is 7.49. The fourth-order valence-corrected chi connectivity index (χ4v) is 2.57. The van der Waals surface area contributed by atoms with Crippen molar-refractivity contribution in [3.8, 4) is 12.3 Å². The van der Waals surface area contributed by atoms with Crippen LogP contribution in [0.2, 0.25) is 0 Å². The molecule has 6 heteroatoms. The molecule has 0 radical (unpaired) electrons. The zero-order chi connectivity index (χ0) is 18.6. The van der Waals surface area contributed by atoms with Gasteiger partial charge in [-0.25, -0.2) is 4.79 Å². The molecule has 1 heterocycles. The van der Waals surface area contributed by atoms with Crippen LogP contribution in [-0.2, 0) is 16.0 Å². The molecule has 0 aliphatic carbocycles. The van der Waals surface area contributed by atoms with Crippen molar-refractivity contribution in [2.75, 3.05) is 12.4 Å². The number of hydrogen-bond donors (Lipinski definition) is 2. The van der Waals surface area contributed by atoms with E-state index in [0.717, 1.165) is 0 Å². The monoisotopic (exact) mass is 338 g/mol. The summed E-state index contributed by atoms with van der Waals surface area (Å²) in [5.41, 5.74) is 2.49. The molecule has 2 aromatic rings. The van der Waals surface area contributed by atoms with Crippen molar-refractivity contribution < 1.29 is 19.1 Å². The number of Topliss-reactive ketones (excluding diaryl/α,β-unsaturated/α-hetero) is 1. The predicted molar refractivity (Wildman–Crippen MR) is 93.6 cm³/mol. The van der Waals surface area contributed by atoms with Crippen molar-refractivity contribution in [2.24, 2.45) is 0 Å². The molecule has 0 saturated heterocycles. The highest BCUT2D eigenvalue weighted by atomic mass is 16.5. The highest BCUT2D eigenvalue weighted by Crippen LogP contribution is 2.21. The van der Waals surface area contributed by atoms with E-state index in [4.69, 9.17) is 11.2 Å². The number of carbonyl (C=O) groups excluding carboxylic acids is 3.